The van der Waals surface area contributed by atoms with E-state index < -0.39 is 23.8 Å². The van der Waals surface area contributed by atoms with Crippen molar-refractivity contribution in [3.8, 4) is 0 Å². The lowest BCUT2D eigenvalue weighted by molar-refractivity contribution is -0.148. The second kappa shape index (κ2) is 7.50. The molecule has 2 fully saturated rings. The van der Waals surface area contributed by atoms with Gasteiger partial charge in [-0.3, -0.25) is 9.59 Å². The molecule has 7 heteroatoms. The highest BCUT2D eigenvalue weighted by Crippen LogP contribution is 2.53. The smallest absolute Gasteiger partial charge is 0.341 e. The van der Waals surface area contributed by atoms with Gasteiger partial charge < -0.3 is 15.2 Å². The second-order valence-electron chi connectivity index (χ2n) is 8.58. The number of aliphatic carboxylic acids is 1. The summed E-state index contributed by atoms with van der Waals surface area (Å²) < 4.78 is 5.44. The predicted molar refractivity (Wildman–Crippen MR) is 106 cm³/mol. The fourth-order valence-corrected chi connectivity index (χ4v) is 6.64. The fourth-order valence-electron chi connectivity index (χ4n) is 5.36. The molecule has 6 nitrogen and oxygen atoms in total. The van der Waals surface area contributed by atoms with Crippen LogP contribution in [0, 0.1) is 23.7 Å². The van der Waals surface area contributed by atoms with E-state index in [4.69, 9.17) is 4.74 Å². The molecule has 0 radical (unpaired) electrons. The quantitative estimate of drug-likeness (QED) is 0.725. The number of carbonyl (C=O) groups is 3. The fraction of sp³-hybridized carbons (Fsp3) is 0.667. The van der Waals surface area contributed by atoms with Gasteiger partial charge >= 0.3 is 11.9 Å². The number of hydrogen-bond acceptors (Lipinski definition) is 5. The van der Waals surface area contributed by atoms with Crippen molar-refractivity contribution in [2.45, 2.75) is 64.9 Å². The number of nitrogens with one attached hydrogen (secondary N) is 1. The monoisotopic (exact) mass is 405 g/mol. The molecule has 3 aliphatic rings. The average molecular weight is 406 g/mol. The second-order valence-corrected chi connectivity index (χ2v) is 9.69. The Morgan fingerprint density at radius 1 is 1.11 bits per heavy atom. The van der Waals surface area contributed by atoms with E-state index in [2.05, 4.69) is 5.32 Å². The van der Waals surface area contributed by atoms with Gasteiger partial charge in [0.1, 0.15) is 5.00 Å². The highest BCUT2D eigenvalue weighted by Gasteiger charge is 2.54. The van der Waals surface area contributed by atoms with E-state index in [9.17, 15) is 19.5 Å². The summed E-state index contributed by atoms with van der Waals surface area (Å²) >= 11 is 1.45. The summed E-state index contributed by atoms with van der Waals surface area (Å²) in [6.45, 7) is 3.61. The lowest BCUT2D eigenvalue weighted by Gasteiger charge is -2.27. The van der Waals surface area contributed by atoms with Gasteiger partial charge in [-0.15, -0.1) is 11.3 Å². The van der Waals surface area contributed by atoms with Gasteiger partial charge in [0.2, 0.25) is 5.91 Å². The lowest BCUT2D eigenvalue weighted by Crippen LogP contribution is -2.38. The molecule has 4 rings (SSSR count). The maximum Gasteiger partial charge on any atom is 0.341 e. The molecule has 4 atom stereocenters. The van der Waals surface area contributed by atoms with Crippen molar-refractivity contribution < 1.29 is 24.2 Å². The number of carbonyl (C=O) groups excluding carboxylic acids is 2. The summed E-state index contributed by atoms with van der Waals surface area (Å²) in [5.74, 6) is -2.42. The first-order chi connectivity index (χ1) is 13.4. The van der Waals surface area contributed by atoms with Crippen molar-refractivity contribution in [3.63, 3.8) is 0 Å². The van der Waals surface area contributed by atoms with Crippen LogP contribution in [0.5, 0.6) is 0 Å². The normalized spacial score (nSPS) is 28.2. The van der Waals surface area contributed by atoms with E-state index >= 15 is 0 Å². The highest BCUT2D eigenvalue weighted by atomic mass is 32.1. The van der Waals surface area contributed by atoms with Crippen molar-refractivity contribution in [1.82, 2.24) is 0 Å². The number of anilines is 1. The summed E-state index contributed by atoms with van der Waals surface area (Å²) in [5.41, 5.74) is 1.48. The zero-order valence-corrected chi connectivity index (χ0v) is 17.1. The third-order valence-electron chi connectivity index (χ3n) is 6.46. The van der Waals surface area contributed by atoms with Gasteiger partial charge in [0.25, 0.3) is 0 Å². The molecule has 3 aliphatic carbocycles. The first-order valence-electron chi connectivity index (χ1n) is 10.3. The van der Waals surface area contributed by atoms with Crippen LogP contribution in [0.2, 0.25) is 0 Å². The van der Waals surface area contributed by atoms with Crippen molar-refractivity contribution in [2.24, 2.45) is 23.7 Å². The molecule has 1 aromatic rings. The molecule has 1 aromatic heterocycles. The van der Waals surface area contributed by atoms with Crippen LogP contribution < -0.4 is 5.32 Å². The molecule has 0 aliphatic heterocycles. The lowest BCUT2D eigenvalue weighted by atomic mass is 9.78. The van der Waals surface area contributed by atoms with Crippen LogP contribution in [0.4, 0.5) is 5.00 Å². The first kappa shape index (κ1) is 19.4. The van der Waals surface area contributed by atoms with E-state index in [0.29, 0.717) is 10.6 Å². The average Bonchev–Trinajstić information content (AvgIpc) is 3.32. The Bertz CT molecular complexity index is 814. The number of amides is 1. The number of hydrogen-bond donors (Lipinski definition) is 2. The Balaban J connectivity index is 1.62. The minimum Gasteiger partial charge on any atom is -0.481 e. The van der Waals surface area contributed by atoms with Crippen LogP contribution in [0.15, 0.2) is 0 Å². The minimum absolute atomic E-state index is 0.0974. The molecule has 2 bridgehead atoms. The number of esters is 1. The number of ether oxygens (including phenoxy) is 1. The van der Waals surface area contributed by atoms with Crippen molar-refractivity contribution in [2.75, 3.05) is 5.32 Å². The van der Waals surface area contributed by atoms with Gasteiger partial charge in [0, 0.05) is 4.88 Å². The van der Waals surface area contributed by atoms with Gasteiger partial charge in [-0.1, -0.05) is 0 Å². The Morgan fingerprint density at radius 2 is 1.79 bits per heavy atom. The van der Waals surface area contributed by atoms with E-state index in [1.54, 1.807) is 0 Å². The van der Waals surface area contributed by atoms with Crippen LogP contribution in [0.3, 0.4) is 0 Å². The first-order valence-corrected chi connectivity index (χ1v) is 11.1. The Hall–Kier alpha value is -1.89. The maximum absolute atomic E-state index is 13.1. The zero-order valence-electron chi connectivity index (χ0n) is 16.3. The zero-order chi connectivity index (χ0) is 20.0. The topological polar surface area (TPSA) is 92.7 Å². The van der Waals surface area contributed by atoms with Gasteiger partial charge in [0.05, 0.1) is 23.5 Å². The molecule has 0 unspecified atom stereocenters. The number of thiophene rings is 1. The third kappa shape index (κ3) is 3.34. The standard InChI is InChI=1S/C21H27NO5S/c1-10(2)27-21(26)17-13-5-3-4-6-14(13)28-19(17)22-18(23)15-11-7-8-12(9-11)16(15)20(24)25/h10-12,15-16H,3-9H2,1-2H3,(H,22,23)(H,24,25)/t11-,12+,15-,16+/m1/s1. The van der Waals surface area contributed by atoms with Crippen LogP contribution >= 0.6 is 11.3 Å². The summed E-state index contributed by atoms with van der Waals surface area (Å²) in [6.07, 6.45) is 6.20. The SMILES string of the molecule is CC(C)OC(=O)c1c(NC(=O)[C@@H]2[C@@H]3CC[C@@H](C3)[C@@H]2C(=O)O)sc2c1CCCC2. The molecular weight excluding hydrogens is 378 g/mol. The summed E-state index contributed by atoms with van der Waals surface area (Å²) in [4.78, 5) is 38.8. The van der Waals surface area contributed by atoms with Gasteiger partial charge in [-0.05, 0) is 76.2 Å². The summed E-state index contributed by atoms with van der Waals surface area (Å²) in [7, 11) is 0. The molecule has 0 aromatic carbocycles. The molecule has 2 N–H and O–H groups in total. The van der Waals surface area contributed by atoms with Crippen LogP contribution in [-0.4, -0.2) is 29.1 Å². The van der Waals surface area contributed by atoms with Crippen LogP contribution in [0.25, 0.3) is 0 Å². The number of carboxylic acid groups (broad SMARTS) is 1. The molecule has 28 heavy (non-hydrogen) atoms. The largest absolute Gasteiger partial charge is 0.481 e. The van der Waals surface area contributed by atoms with Crippen molar-refractivity contribution in [1.29, 1.82) is 0 Å². The summed E-state index contributed by atoms with van der Waals surface area (Å²) in [6, 6.07) is 0. The molecule has 0 spiro atoms. The number of aryl methyl sites for hydroxylation is 1. The minimum atomic E-state index is -0.878. The number of rotatable bonds is 5. The van der Waals surface area contributed by atoms with Gasteiger partial charge in [-0.2, -0.15) is 0 Å². The Morgan fingerprint density at radius 3 is 2.46 bits per heavy atom. The Labute approximate surface area is 168 Å². The maximum atomic E-state index is 13.1. The number of fused-ring (bicyclic) bond motifs is 3. The molecule has 1 heterocycles. The Kier molecular flexibility index (Phi) is 5.21. The van der Waals surface area contributed by atoms with Crippen molar-refractivity contribution in [3.05, 3.63) is 16.0 Å². The molecular formula is C21H27NO5S. The van der Waals surface area contributed by atoms with E-state index in [1.165, 1.54) is 11.3 Å². The number of carboxylic acids is 1. The van der Waals surface area contributed by atoms with E-state index in [1.807, 2.05) is 13.8 Å². The molecule has 1 amide bonds. The molecule has 152 valence electrons. The molecule has 0 saturated heterocycles. The van der Waals surface area contributed by atoms with Crippen LogP contribution in [0.1, 0.15) is 66.8 Å². The van der Waals surface area contributed by atoms with Crippen LogP contribution in [-0.2, 0) is 27.2 Å². The molecule has 2 saturated carbocycles. The van der Waals surface area contributed by atoms with Crippen molar-refractivity contribution >= 4 is 34.2 Å². The van der Waals surface area contributed by atoms with Gasteiger partial charge in [-0.25, -0.2) is 4.79 Å². The third-order valence-corrected chi connectivity index (χ3v) is 7.67. The predicted octanol–water partition coefficient (Wildman–Crippen LogP) is 3.88. The van der Waals surface area contributed by atoms with Gasteiger partial charge in [0.15, 0.2) is 0 Å². The summed E-state index contributed by atoms with van der Waals surface area (Å²) in [5, 5.41) is 13.1. The van der Waals surface area contributed by atoms with E-state index in [0.717, 1.165) is 55.4 Å². The highest BCUT2D eigenvalue weighted by molar-refractivity contribution is 7.17. The van der Waals surface area contributed by atoms with E-state index in [-0.39, 0.29) is 23.8 Å².